The van der Waals surface area contributed by atoms with Gasteiger partial charge in [-0.05, 0) is 12.5 Å². The minimum absolute atomic E-state index is 0.0188. The summed E-state index contributed by atoms with van der Waals surface area (Å²) in [7, 11) is 0. The Kier molecular flexibility index (Phi) is 2.47. The summed E-state index contributed by atoms with van der Waals surface area (Å²) in [6.07, 6.45) is 0.763. The van der Waals surface area contributed by atoms with Gasteiger partial charge in [0.05, 0.1) is 6.61 Å². The molecule has 1 aliphatic heterocycles. The number of fused-ring (bicyclic) bond motifs is 2. The van der Waals surface area contributed by atoms with E-state index in [1.54, 1.807) is 0 Å². The summed E-state index contributed by atoms with van der Waals surface area (Å²) in [6.45, 7) is 0.589. The van der Waals surface area contributed by atoms with Crippen molar-refractivity contribution in [1.29, 1.82) is 0 Å². The largest absolute Gasteiger partial charge is 0.493 e. The fourth-order valence-corrected chi connectivity index (χ4v) is 2.74. The maximum absolute atomic E-state index is 11.8. The van der Waals surface area contributed by atoms with Gasteiger partial charge in [-0.3, -0.25) is 14.8 Å². The Hall–Kier alpha value is -2.83. The molecule has 0 spiro atoms. The van der Waals surface area contributed by atoms with E-state index in [4.69, 9.17) is 4.74 Å². The standard InChI is InChI=1S/C14H12N4O3/c19-13-10-12(17-14(20)18-13)16-11(15-10)8-5-6-21-9-4-2-1-3-7(8)9/h1-4,8H,5-6H2,(H3,15,16,17,18,19,20). The van der Waals surface area contributed by atoms with E-state index in [9.17, 15) is 9.59 Å². The van der Waals surface area contributed by atoms with Crippen LogP contribution in [-0.4, -0.2) is 26.5 Å². The minimum Gasteiger partial charge on any atom is -0.493 e. The van der Waals surface area contributed by atoms with Crippen LogP contribution >= 0.6 is 0 Å². The predicted molar refractivity (Wildman–Crippen MR) is 75.7 cm³/mol. The van der Waals surface area contributed by atoms with Crippen LogP contribution in [0.3, 0.4) is 0 Å². The van der Waals surface area contributed by atoms with E-state index < -0.39 is 11.2 Å². The number of ether oxygens (including phenoxy) is 1. The molecule has 7 nitrogen and oxygen atoms in total. The van der Waals surface area contributed by atoms with Crippen molar-refractivity contribution in [1.82, 2.24) is 19.9 Å². The number of aromatic amines is 3. The lowest BCUT2D eigenvalue weighted by Gasteiger charge is -2.24. The SMILES string of the molecule is O=c1[nH]c(=O)c2[nH]c(C3CCOc4ccccc43)nc2[nH]1. The molecule has 21 heavy (non-hydrogen) atoms. The number of benzene rings is 1. The first kappa shape index (κ1) is 12.0. The number of hydrogen-bond acceptors (Lipinski definition) is 4. The number of H-pyrrole nitrogens is 3. The molecular weight excluding hydrogens is 272 g/mol. The molecule has 1 unspecified atom stereocenters. The lowest BCUT2D eigenvalue weighted by molar-refractivity contribution is 0.275. The quantitative estimate of drug-likeness (QED) is 0.616. The van der Waals surface area contributed by atoms with E-state index in [0.717, 1.165) is 17.7 Å². The second-order valence-corrected chi connectivity index (χ2v) is 4.98. The molecule has 4 rings (SSSR count). The summed E-state index contributed by atoms with van der Waals surface area (Å²) in [6, 6.07) is 7.76. The number of aromatic nitrogens is 4. The number of hydrogen-bond donors (Lipinski definition) is 3. The maximum Gasteiger partial charge on any atom is 0.327 e. The number of nitrogens with zero attached hydrogens (tertiary/aromatic N) is 1. The molecule has 0 fully saturated rings. The minimum atomic E-state index is -0.557. The van der Waals surface area contributed by atoms with E-state index in [0.29, 0.717) is 12.4 Å². The Morgan fingerprint density at radius 2 is 2.00 bits per heavy atom. The van der Waals surface area contributed by atoms with Crippen molar-refractivity contribution in [2.45, 2.75) is 12.3 Å². The van der Waals surface area contributed by atoms with Gasteiger partial charge < -0.3 is 9.72 Å². The molecule has 2 aromatic heterocycles. The topological polar surface area (TPSA) is 104 Å². The normalized spacial score (nSPS) is 17.4. The molecule has 0 radical (unpaired) electrons. The van der Waals surface area contributed by atoms with Gasteiger partial charge in [0.2, 0.25) is 0 Å². The summed E-state index contributed by atoms with van der Waals surface area (Å²) < 4.78 is 5.62. The summed E-state index contributed by atoms with van der Waals surface area (Å²) in [5.41, 5.74) is 0.573. The Morgan fingerprint density at radius 1 is 1.14 bits per heavy atom. The molecule has 0 amide bonds. The monoisotopic (exact) mass is 284 g/mol. The Labute approximate surface area is 118 Å². The first-order valence-corrected chi connectivity index (χ1v) is 6.66. The number of nitrogens with one attached hydrogen (secondary N) is 3. The van der Waals surface area contributed by atoms with Crippen molar-refractivity contribution in [3.63, 3.8) is 0 Å². The molecule has 1 aromatic carbocycles. The molecule has 106 valence electrons. The van der Waals surface area contributed by atoms with Crippen LogP contribution in [0.25, 0.3) is 11.2 Å². The van der Waals surface area contributed by atoms with E-state index in [1.165, 1.54) is 0 Å². The van der Waals surface area contributed by atoms with E-state index in [2.05, 4.69) is 19.9 Å². The van der Waals surface area contributed by atoms with Gasteiger partial charge in [-0.1, -0.05) is 18.2 Å². The van der Waals surface area contributed by atoms with Crippen molar-refractivity contribution < 1.29 is 4.74 Å². The lowest BCUT2D eigenvalue weighted by atomic mass is 9.92. The average molecular weight is 284 g/mol. The second-order valence-electron chi connectivity index (χ2n) is 4.98. The van der Waals surface area contributed by atoms with E-state index in [1.807, 2.05) is 24.3 Å². The molecule has 3 heterocycles. The number of para-hydroxylation sites is 1. The van der Waals surface area contributed by atoms with Gasteiger partial charge in [-0.25, -0.2) is 9.78 Å². The van der Waals surface area contributed by atoms with E-state index in [-0.39, 0.29) is 17.1 Å². The lowest BCUT2D eigenvalue weighted by Crippen LogP contribution is -2.21. The molecule has 3 N–H and O–H groups in total. The molecule has 0 saturated heterocycles. The van der Waals surface area contributed by atoms with Gasteiger partial charge in [0.15, 0.2) is 5.65 Å². The highest BCUT2D eigenvalue weighted by Crippen LogP contribution is 2.36. The summed E-state index contributed by atoms with van der Waals surface area (Å²) in [5, 5.41) is 0. The Bertz CT molecular complexity index is 937. The second kappa shape index (κ2) is 4.34. The molecule has 0 aliphatic carbocycles. The van der Waals surface area contributed by atoms with Gasteiger partial charge >= 0.3 is 5.69 Å². The van der Waals surface area contributed by atoms with Gasteiger partial charge in [-0.2, -0.15) is 0 Å². The predicted octanol–water partition coefficient (Wildman–Crippen LogP) is 0.854. The molecule has 0 saturated carbocycles. The van der Waals surface area contributed by atoms with Crippen LogP contribution in [0, 0.1) is 0 Å². The van der Waals surface area contributed by atoms with Crippen molar-refractivity contribution in [2.24, 2.45) is 0 Å². The van der Waals surface area contributed by atoms with Crippen molar-refractivity contribution >= 4 is 11.2 Å². The molecule has 0 bridgehead atoms. The fourth-order valence-electron chi connectivity index (χ4n) is 2.74. The van der Waals surface area contributed by atoms with Crippen molar-refractivity contribution in [3.8, 4) is 5.75 Å². The summed E-state index contributed by atoms with van der Waals surface area (Å²) in [4.78, 5) is 35.2. The van der Waals surface area contributed by atoms with Crippen molar-refractivity contribution in [2.75, 3.05) is 6.61 Å². The molecule has 1 aliphatic rings. The maximum atomic E-state index is 11.8. The third kappa shape index (κ3) is 1.85. The molecular formula is C14H12N4O3. The molecule has 3 aromatic rings. The Balaban J connectivity index is 1.90. The first-order valence-electron chi connectivity index (χ1n) is 6.66. The zero-order valence-electron chi connectivity index (χ0n) is 11.0. The highest BCUT2D eigenvalue weighted by atomic mass is 16.5. The van der Waals surface area contributed by atoms with Crippen LogP contribution in [0.5, 0.6) is 5.75 Å². The van der Waals surface area contributed by atoms with Gasteiger partial charge in [0.1, 0.15) is 17.1 Å². The first-order chi connectivity index (χ1) is 10.2. The van der Waals surface area contributed by atoms with Gasteiger partial charge in [0, 0.05) is 11.5 Å². The zero-order valence-corrected chi connectivity index (χ0v) is 11.0. The number of imidazole rings is 1. The third-order valence-electron chi connectivity index (χ3n) is 3.70. The highest BCUT2D eigenvalue weighted by molar-refractivity contribution is 5.69. The van der Waals surface area contributed by atoms with Crippen LogP contribution < -0.4 is 16.0 Å². The third-order valence-corrected chi connectivity index (χ3v) is 3.70. The average Bonchev–Trinajstić information content (AvgIpc) is 2.90. The van der Waals surface area contributed by atoms with Crippen LogP contribution in [0.2, 0.25) is 0 Å². The van der Waals surface area contributed by atoms with Crippen LogP contribution in [0.15, 0.2) is 33.9 Å². The van der Waals surface area contributed by atoms with Crippen LogP contribution in [-0.2, 0) is 0 Å². The molecule has 1 atom stereocenters. The Morgan fingerprint density at radius 3 is 2.90 bits per heavy atom. The smallest absolute Gasteiger partial charge is 0.327 e. The van der Waals surface area contributed by atoms with Crippen molar-refractivity contribution in [3.05, 3.63) is 56.5 Å². The fraction of sp³-hybridized carbons (Fsp3) is 0.214. The van der Waals surface area contributed by atoms with Crippen LogP contribution in [0.4, 0.5) is 0 Å². The number of rotatable bonds is 1. The zero-order chi connectivity index (χ0) is 14.4. The van der Waals surface area contributed by atoms with Gasteiger partial charge in [0.25, 0.3) is 5.56 Å². The molecule has 7 heteroatoms. The highest BCUT2D eigenvalue weighted by Gasteiger charge is 2.25. The van der Waals surface area contributed by atoms with E-state index >= 15 is 0 Å². The van der Waals surface area contributed by atoms with Crippen LogP contribution in [0.1, 0.15) is 23.7 Å². The summed E-state index contributed by atoms with van der Waals surface area (Å²) in [5.74, 6) is 1.51. The van der Waals surface area contributed by atoms with Gasteiger partial charge in [-0.15, -0.1) is 0 Å². The summed E-state index contributed by atoms with van der Waals surface area (Å²) >= 11 is 0.